The molecule has 27 heavy (non-hydrogen) atoms. The average molecular weight is 410 g/mol. The van der Waals surface area contributed by atoms with Crippen molar-refractivity contribution < 1.29 is 13.2 Å². The predicted octanol–water partition coefficient (Wildman–Crippen LogP) is 4.21. The van der Waals surface area contributed by atoms with E-state index in [2.05, 4.69) is 9.71 Å². The lowest BCUT2D eigenvalue weighted by molar-refractivity contribution is 0.414. The van der Waals surface area contributed by atoms with E-state index in [-0.39, 0.29) is 5.75 Å². The number of aliphatic imine (C=N–C) groups is 1. The first-order valence-corrected chi connectivity index (χ1v) is 10.4. The quantitative estimate of drug-likeness (QED) is 0.523. The van der Waals surface area contributed by atoms with Crippen molar-refractivity contribution in [1.82, 2.24) is 4.90 Å². The molecule has 0 unspecified atom stereocenters. The summed E-state index contributed by atoms with van der Waals surface area (Å²) < 4.78 is 32.7. The molecule has 8 heteroatoms. The molecule has 2 aromatic carbocycles. The van der Waals surface area contributed by atoms with Crippen molar-refractivity contribution in [3.8, 4) is 5.75 Å². The second-order valence-electron chi connectivity index (χ2n) is 6.15. The van der Waals surface area contributed by atoms with Gasteiger partial charge in [0.05, 0.1) is 35.6 Å². The van der Waals surface area contributed by atoms with Gasteiger partial charge in [-0.25, -0.2) is 13.4 Å². The first kappa shape index (κ1) is 21.1. The Balaban J connectivity index is 2.17. The molecule has 6 nitrogen and oxygen atoms in total. The van der Waals surface area contributed by atoms with Gasteiger partial charge in [0.1, 0.15) is 5.75 Å². The lowest BCUT2D eigenvalue weighted by Crippen LogP contribution is -2.16. The Morgan fingerprint density at radius 2 is 1.93 bits per heavy atom. The molecule has 0 heterocycles. The van der Waals surface area contributed by atoms with Crippen molar-refractivity contribution in [2.75, 3.05) is 25.4 Å². The van der Waals surface area contributed by atoms with E-state index in [1.807, 2.05) is 25.8 Å². The van der Waals surface area contributed by atoms with Gasteiger partial charge in [0.2, 0.25) is 10.0 Å². The first-order valence-electron chi connectivity index (χ1n) is 8.42. The van der Waals surface area contributed by atoms with Crippen molar-refractivity contribution in [2.24, 2.45) is 4.99 Å². The van der Waals surface area contributed by atoms with Crippen LogP contribution in [0.5, 0.6) is 5.75 Å². The molecule has 0 spiro atoms. The van der Waals surface area contributed by atoms with Crippen LogP contribution in [0.2, 0.25) is 5.02 Å². The van der Waals surface area contributed by atoms with Gasteiger partial charge in [-0.3, -0.25) is 4.72 Å². The number of hydrogen-bond donors (Lipinski definition) is 1. The number of benzene rings is 2. The molecule has 2 rings (SSSR count). The molecular formula is C19H24ClN3O3S. The zero-order chi connectivity index (χ0) is 20.0. The highest BCUT2D eigenvalue weighted by Crippen LogP contribution is 2.31. The summed E-state index contributed by atoms with van der Waals surface area (Å²) in [6, 6.07) is 10.2. The maximum Gasteiger partial charge on any atom is 0.236 e. The van der Waals surface area contributed by atoms with Crippen LogP contribution in [0.25, 0.3) is 0 Å². The van der Waals surface area contributed by atoms with E-state index in [0.29, 0.717) is 27.7 Å². The summed E-state index contributed by atoms with van der Waals surface area (Å²) in [5, 5.41) is 0.378. The van der Waals surface area contributed by atoms with Gasteiger partial charge in [0.15, 0.2) is 0 Å². The van der Waals surface area contributed by atoms with Gasteiger partial charge < -0.3 is 9.64 Å². The van der Waals surface area contributed by atoms with E-state index in [0.717, 1.165) is 12.1 Å². The van der Waals surface area contributed by atoms with Crippen molar-refractivity contribution in [3.05, 3.63) is 52.5 Å². The molecule has 0 amide bonds. The Morgan fingerprint density at radius 3 is 2.52 bits per heavy atom. The summed E-state index contributed by atoms with van der Waals surface area (Å²) in [4.78, 5) is 6.25. The van der Waals surface area contributed by atoms with Gasteiger partial charge in [0, 0.05) is 13.6 Å². The maximum absolute atomic E-state index is 12.5. The van der Waals surface area contributed by atoms with Crippen LogP contribution in [0, 0.1) is 6.92 Å². The second-order valence-corrected chi connectivity index (χ2v) is 8.28. The molecule has 0 aromatic heterocycles. The molecule has 0 saturated carbocycles. The molecule has 0 atom stereocenters. The zero-order valence-corrected chi connectivity index (χ0v) is 17.4. The van der Waals surface area contributed by atoms with Crippen LogP contribution in [0.3, 0.4) is 0 Å². The molecule has 0 fully saturated rings. The minimum absolute atomic E-state index is 0.144. The minimum Gasteiger partial charge on any atom is -0.497 e. The van der Waals surface area contributed by atoms with Crippen LogP contribution < -0.4 is 9.46 Å². The number of sulfonamides is 1. The number of ether oxygens (including phenoxy) is 1. The van der Waals surface area contributed by atoms with Crippen molar-refractivity contribution in [1.29, 1.82) is 0 Å². The van der Waals surface area contributed by atoms with Gasteiger partial charge in [-0.05, 0) is 49.2 Å². The summed E-state index contributed by atoms with van der Waals surface area (Å²) in [6.45, 7) is 4.65. The monoisotopic (exact) mass is 409 g/mol. The predicted molar refractivity (Wildman–Crippen MR) is 112 cm³/mol. The van der Waals surface area contributed by atoms with E-state index in [4.69, 9.17) is 16.3 Å². The number of rotatable bonds is 8. The number of halogens is 1. The van der Waals surface area contributed by atoms with Gasteiger partial charge in [-0.1, -0.05) is 23.7 Å². The van der Waals surface area contributed by atoms with E-state index >= 15 is 0 Å². The molecule has 0 aliphatic heterocycles. The fourth-order valence-electron chi connectivity index (χ4n) is 2.26. The Morgan fingerprint density at radius 1 is 1.26 bits per heavy atom. The van der Waals surface area contributed by atoms with Crippen LogP contribution >= 0.6 is 11.6 Å². The molecule has 0 saturated heterocycles. The Hall–Kier alpha value is -2.25. The Bertz CT molecular complexity index is 913. The lowest BCUT2D eigenvalue weighted by Gasteiger charge is -2.13. The van der Waals surface area contributed by atoms with E-state index in [1.165, 1.54) is 0 Å². The van der Waals surface area contributed by atoms with E-state index < -0.39 is 10.0 Å². The summed E-state index contributed by atoms with van der Waals surface area (Å²) >= 11 is 6.27. The van der Waals surface area contributed by atoms with Crippen LogP contribution in [-0.2, 0) is 15.8 Å². The summed E-state index contributed by atoms with van der Waals surface area (Å²) in [7, 11) is -0.113. The average Bonchev–Trinajstić information content (AvgIpc) is 2.63. The van der Waals surface area contributed by atoms with Gasteiger partial charge >= 0.3 is 0 Å². The molecule has 0 bridgehead atoms. The molecule has 0 radical (unpaired) electrons. The third-order valence-corrected chi connectivity index (χ3v) is 5.51. The number of nitrogens with zero attached hydrogens (tertiary/aromatic N) is 2. The highest BCUT2D eigenvalue weighted by molar-refractivity contribution is 7.91. The van der Waals surface area contributed by atoms with Crippen LogP contribution in [0.15, 0.2) is 41.4 Å². The molecule has 0 aliphatic rings. The van der Waals surface area contributed by atoms with E-state index in [1.54, 1.807) is 49.8 Å². The SMILES string of the molecule is CCN(C)C=Nc1cc(C)c(NS(=O)(=O)Cc2ccc(OC)cc2)cc1Cl. The third kappa shape index (κ3) is 6.15. The molecule has 1 N–H and O–H groups in total. The highest BCUT2D eigenvalue weighted by Gasteiger charge is 2.15. The van der Waals surface area contributed by atoms with Gasteiger partial charge in [0.25, 0.3) is 0 Å². The standard InChI is InChI=1S/C19H24ClN3O3S/c1-5-23(3)13-21-19-10-14(2)18(11-17(19)20)22-27(24,25)12-15-6-8-16(26-4)9-7-15/h6-11,13,22H,5,12H2,1-4H3. The first-order chi connectivity index (χ1) is 12.7. The third-order valence-electron chi connectivity index (χ3n) is 3.97. The summed E-state index contributed by atoms with van der Waals surface area (Å²) in [5.74, 6) is 0.534. The number of nitrogens with one attached hydrogen (secondary N) is 1. The topological polar surface area (TPSA) is 71.0 Å². The Kier molecular flexibility index (Phi) is 7.10. The maximum atomic E-state index is 12.5. The van der Waals surface area contributed by atoms with Crippen LogP contribution in [0.4, 0.5) is 11.4 Å². The molecular weight excluding hydrogens is 386 g/mol. The minimum atomic E-state index is -3.59. The van der Waals surface area contributed by atoms with Crippen molar-refractivity contribution in [3.63, 3.8) is 0 Å². The highest BCUT2D eigenvalue weighted by atomic mass is 35.5. The fourth-order valence-corrected chi connectivity index (χ4v) is 3.73. The van der Waals surface area contributed by atoms with E-state index in [9.17, 15) is 8.42 Å². The number of hydrogen-bond acceptors (Lipinski definition) is 4. The second kappa shape index (κ2) is 9.10. The number of methoxy groups -OCH3 is 1. The smallest absolute Gasteiger partial charge is 0.236 e. The molecule has 2 aromatic rings. The zero-order valence-electron chi connectivity index (χ0n) is 15.9. The Labute approximate surface area is 165 Å². The molecule has 146 valence electrons. The summed E-state index contributed by atoms with van der Waals surface area (Å²) in [6.07, 6.45) is 1.69. The van der Waals surface area contributed by atoms with Gasteiger partial charge in [-0.15, -0.1) is 0 Å². The fraction of sp³-hybridized carbons (Fsp3) is 0.316. The van der Waals surface area contributed by atoms with Crippen molar-refractivity contribution in [2.45, 2.75) is 19.6 Å². The van der Waals surface area contributed by atoms with Crippen molar-refractivity contribution >= 4 is 39.3 Å². The largest absolute Gasteiger partial charge is 0.497 e. The lowest BCUT2D eigenvalue weighted by atomic mass is 10.2. The molecule has 0 aliphatic carbocycles. The van der Waals surface area contributed by atoms with Gasteiger partial charge in [-0.2, -0.15) is 0 Å². The van der Waals surface area contributed by atoms with Crippen LogP contribution in [0.1, 0.15) is 18.1 Å². The number of anilines is 1. The normalized spacial score (nSPS) is 11.6. The number of aryl methyl sites for hydroxylation is 1. The van der Waals surface area contributed by atoms with Crippen LogP contribution in [-0.4, -0.2) is 40.4 Å². The summed E-state index contributed by atoms with van der Waals surface area (Å²) in [5.41, 5.74) is 2.43.